The summed E-state index contributed by atoms with van der Waals surface area (Å²) in [5.41, 5.74) is 5.81. The van der Waals surface area contributed by atoms with E-state index >= 15 is 0 Å². The average Bonchev–Trinajstić information content (AvgIpc) is 2.85. The fraction of sp³-hybridized carbons (Fsp3) is 0.357. The van der Waals surface area contributed by atoms with Crippen LogP contribution in [0.2, 0.25) is 0 Å². The highest BCUT2D eigenvalue weighted by atomic mass is 16.6. The summed E-state index contributed by atoms with van der Waals surface area (Å²) in [7, 11) is 1.66. The molecule has 3 heteroatoms. The van der Waals surface area contributed by atoms with Crippen molar-refractivity contribution in [2.75, 3.05) is 7.11 Å². The number of aromatic nitrogens is 1. The van der Waals surface area contributed by atoms with E-state index in [4.69, 9.17) is 4.84 Å². The van der Waals surface area contributed by atoms with E-state index in [0.29, 0.717) is 0 Å². The molecule has 0 atom stereocenters. The molecule has 0 fully saturated rings. The third-order valence-electron chi connectivity index (χ3n) is 3.14. The zero-order valence-corrected chi connectivity index (χ0v) is 10.8. The van der Waals surface area contributed by atoms with Gasteiger partial charge in [0.15, 0.2) is 0 Å². The van der Waals surface area contributed by atoms with E-state index in [0.717, 1.165) is 23.5 Å². The van der Waals surface area contributed by atoms with Crippen LogP contribution in [0.3, 0.4) is 0 Å². The highest BCUT2D eigenvalue weighted by Crippen LogP contribution is 2.28. The molecular formula is C14H18N2O. The van der Waals surface area contributed by atoms with Crippen LogP contribution in [0.5, 0.6) is 0 Å². The van der Waals surface area contributed by atoms with Crippen LogP contribution < -0.4 is 4.84 Å². The van der Waals surface area contributed by atoms with Crippen molar-refractivity contribution >= 4 is 11.8 Å². The van der Waals surface area contributed by atoms with Crippen LogP contribution in [0.4, 0.5) is 0 Å². The number of hydrogen-bond acceptors (Lipinski definition) is 2. The lowest BCUT2D eigenvalue weighted by Crippen LogP contribution is -2.05. The smallest absolute Gasteiger partial charge is 0.104 e. The molecule has 1 aromatic heterocycles. The third kappa shape index (κ3) is 2.05. The Hall–Kier alpha value is -1.77. The van der Waals surface area contributed by atoms with E-state index in [-0.39, 0.29) is 0 Å². The van der Waals surface area contributed by atoms with Crippen LogP contribution in [-0.2, 0) is 0 Å². The summed E-state index contributed by atoms with van der Waals surface area (Å²) in [4.78, 5) is 9.83. The quantitative estimate of drug-likeness (QED) is 0.783. The molecule has 2 heterocycles. The summed E-state index contributed by atoms with van der Waals surface area (Å²) >= 11 is 0. The zero-order chi connectivity index (χ0) is 12.4. The molecule has 3 nitrogen and oxygen atoms in total. The molecule has 0 unspecified atom stereocenters. The zero-order valence-electron chi connectivity index (χ0n) is 10.8. The maximum atomic E-state index is 5.22. The molecule has 0 saturated carbocycles. The Morgan fingerprint density at radius 1 is 1.41 bits per heavy atom. The van der Waals surface area contributed by atoms with Gasteiger partial charge in [-0.15, -0.1) is 0 Å². The Morgan fingerprint density at radius 3 is 2.76 bits per heavy atom. The standard InChI is InChI=1S/C14H18N2O/c1-5-13-10(2)14(15-11(13)3)9-12-7-6-8-16(12)17-4/h6-9H,5H2,1-4H3/b14-9-. The van der Waals surface area contributed by atoms with Crippen molar-refractivity contribution in [2.45, 2.75) is 27.2 Å². The summed E-state index contributed by atoms with van der Waals surface area (Å²) < 4.78 is 1.73. The van der Waals surface area contributed by atoms with E-state index in [1.807, 2.05) is 18.3 Å². The van der Waals surface area contributed by atoms with E-state index in [1.165, 1.54) is 11.1 Å². The van der Waals surface area contributed by atoms with Crippen molar-refractivity contribution in [3.05, 3.63) is 40.9 Å². The first-order chi connectivity index (χ1) is 8.17. The molecule has 0 aromatic carbocycles. The Balaban J connectivity index is 2.40. The lowest BCUT2D eigenvalue weighted by atomic mass is 10.0. The topological polar surface area (TPSA) is 26.5 Å². The van der Waals surface area contributed by atoms with Crippen molar-refractivity contribution in [1.29, 1.82) is 0 Å². The van der Waals surface area contributed by atoms with Crippen LogP contribution in [0.25, 0.3) is 6.08 Å². The molecule has 2 rings (SSSR count). The lowest BCUT2D eigenvalue weighted by molar-refractivity contribution is 0.166. The fourth-order valence-electron chi connectivity index (χ4n) is 2.22. The van der Waals surface area contributed by atoms with Crippen molar-refractivity contribution < 1.29 is 4.84 Å². The van der Waals surface area contributed by atoms with Gasteiger partial charge in [0, 0.05) is 11.9 Å². The van der Waals surface area contributed by atoms with Gasteiger partial charge in [0.1, 0.15) is 7.11 Å². The summed E-state index contributed by atoms with van der Waals surface area (Å²) in [5.74, 6) is 0. The number of aliphatic imine (C=N–C) groups is 1. The highest BCUT2D eigenvalue weighted by molar-refractivity contribution is 6.03. The fourth-order valence-corrected chi connectivity index (χ4v) is 2.22. The largest absolute Gasteiger partial charge is 0.417 e. The maximum absolute atomic E-state index is 5.22. The third-order valence-corrected chi connectivity index (χ3v) is 3.14. The molecule has 90 valence electrons. The first-order valence-electron chi connectivity index (χ1n) is 5.86. The molecule has 0 aliphatic carbocycles. The van der Waals surface area contributed by atoms with E-state index in [2.05, 4.69) is 31.8 Å². The molecule has 17 heavy (non-hydrogen) atoms. The summed E-state index contributed by atoms with van der Waals surface area (Å²) in [6, 6.07) is 3.97. The number of hydrogen-bond donors (Lipinski definition) is 0. The van der Waals surface area contributed by atoms with Gasteiger partial charge in [-0.05, 0) is 49.6 Å². The van der Waals surface area contributed by atoms with Gasteiger partial charge in [0.2, 0.25) is 0 Å². The first kappa shape index (κ1) is 11.7. The molecule has 1 aliphatic rings. The monoisotopic (exact) mass is 230 g/mol. The van der Waals surface area contributed by atoms with E-state index in [9.17, 15) is 0 Å². The van der Waals surface area contributed by atoms with Crippen molar-refractivity contribution in [2.24, 2.45) is 4.99 Å². The average molecular weight is 230 g/mol. The lowest BCUT2D eigenvalue weighted by Gasteiger charge is -2.04. The van der Waals surface area contributed by atoms with Gasteiger partial charge in [-0.1, -0.05) is 6.92 Å². The van der Waals surface area contributed by atoms with Crippen molar-refractivity contribution in [3.63, 3.8) is 0 Å². The SMILES string of the molecule is CCC1=C(C)/C(=C/c2cccn2OC)N=C1C. The summed E-state index contributed by atoms with van der Waals surface area (Å²) in [6.07, 6.45) is 4.98. The Labute approximate surface area is 102 Å². The second-order valence-electron chi connectivity index (χ2n) is 4.13. The number of allylic oxidation sites excluding steroid dienone is 2. The van der Waals surface area contributed by atoms with E-state index in [1.54, 1.807) is 11.8 Å². The molecule has 1 aliphatic heterocycles. The highest BCUT2D eigenvalue weighted by Gasteiger charge is 2.16. The Bertz CT molecular complexity index is 518. The van der Waals surface area contributed by atoms with E-state index < -0.39 is 0 Å². The van der Waals surface area contributed by atoms with Crippen LogP contribution in [0, 0.1) is 0 Å². The minimum atomic E-state index is 1.01. The maximum Gasteiger partial charge on any atom is 0.104 e. The second-order valence-corrected chi connectivity index (χ2v) is 4.13. The molecule has 0 radical (unpaired) electrons. The van der Waals surface area contributed by atoms with Gasteiger partial charge in [0.25, 0.3) is 0 Å². The predicted molar refractivity (Wildman–Crippen MR) is 71.0 cm³/mol. The van der Waals surface area contributed by atoms with Crippen LogP contribution in [-0.4, -0.2) is 17.6 Å². The number of rotatable bonds is 3. The van der Waals surface area contributed by atoms with Crippen LogP contribution >= 0.6 is 0 Å². The minimum Gasteiger partial charge on any atom is -0.417 e. The number of nitrogens with zero attached hydrogens (tertiary/aromatic N) is 2. The first-order valence-corrected chi connectivity index (χ1v) is 5.86. The summed E-state index contributed by atoms with van der Waals surface area (Å²) in [5, 5.41) is 0. The summed E-state index contributed by atoms with van der Waals surface area (Å²) in [6.45, 7) is 6.36. The minimum absolute atomic E-state index is 1.01. The van der Waals surface area contributed by atoms with Gasteiger partial charge in [-0.3, -0.25) is 4.99 Å². The Kier molecular flexibility index (Phi) is 3.18. The van der Waals surface area contributed by atoms with Crippen molar-refractivity contribution in [3.8, 4) is 0 Å². The van der Waals surface area contributed by atoms with Gasteiger partial charge in [-0.25, -0.2) is 0 Å². The predicted octanol–water partition coefficient (Wildman–Crippen LogP) is 3.09. The molecule has 1 aromatic rings. The second kappa shape index (κ2) is 4.62. The molecular weight excluding hydrogens is 212 g/mol. The van der Waals surface area contributed by atoms with Gasteiger partial charge in [-0.2, -0.15) is 4.73 Å². The normalized spacial score (nSPS) is 17.9. The van der Waals surface area contributed by atoms with Gasteiger partial charge in [0.05, 0.1) is 11.4 Å². The van der Waals surface area contributed by atoms with Crippen molar-refractivity contribution in [1.82, 2.24) is 4.73 Å². The van der Waals surface area contributed by atoms with Gasteiger partial charge < -0.3 is 4.84 Å². The van der Waals surface area contributed by atoms with Crippen LogP contribution in [0.15, 0.2) is 40.2 Å². The molecule has 0 N–H and O–H groups in total. The van der Waals surface area contributed by atoms with Crippen LogP contribution in [0.1, 0.15) is 32.9 Å². The molecule has 0 spiro atoms. The molecule has 0 bridgehead atoms. The molecule has 0 saturated heterocycles. The Morgan fingerprint density at radius 2 is 2.18 bits per heavy atom. The van der Waals surface area contributed by atoms with Gasteiger partial charge >= 0.3 is 0 Å². The molecule has 0 amide bonds.